The van der Waals surface area contributed by atoms with Crippen LogP contribution >= 0.6 is 0 Å². The molecule has 0 amide bonds. The first-order valence-corrected chi connectivity index (χ1v) is 5.63. The average molecular weight is 221 g/mol. The van der Waals surface area contributed by atoms with Crippen molar-refractivity contribution in [2.24, 2.45) is 16.4 Å². The highest BCUT2D eigenvalue weighted by atomic mass is 15.0. The van der Waals surface area contributed by atoms with E-state index in [9.17, 15) is 0 Å². The lowest BCUT2D eigenvalue weighted by Gasteiger charge is -2.24. The molecule has 3 nitrogen and oxygen atoms in total. The van der Waals surface area contributed by atoms with Gasteiger partial charge in [-0.1, -0.05) is 40.7 Å². The molecule has 1 heterocycles. The van der Waals surface area contributed by atoms with Crippen LogP contribution in [0.4, 0.5) is 5.82 Å². The quantitative estimate of drug-likeness (QED) is 0.674. The van der Waals surface area contributed by atoms with Crippen LogP contribution in [-0.4, -0.2) is 4.98 Å². The van der Waals surface area contributed by atoms with Gasteiger partial charge >= 0.3 is 0 Å². The third-order valence-electron chi connectivity index (χ3n) is 2.44. The molecular formula is C13H23N3. The van der Waals surface area contributed by atoms with Crippen molar-refractivity contribution in [1.82, 2.24) is 4.98 Å². The first-order chi connectivity index (χ1) is 7.36. The molecule has 16 heavy (non-hydrogen) atoms. The largest absolute Gasteiger partial charge is 0.345 e. The topological polar surface area (TPSA) is 52.0 Å². The molecule has 0 aliphatic rings. The van der Waals surface area contributed by atoms with Crippen LogP contribution in [0.3, 0.4) is 0 Å². The minimum absolute atomic E-state index is 0. The number of aromatic nitrogens is 1. The summed E-state index contributed by atoms with van der Waals surface area (Å²) < 4.78 is 0. The van der Waals surface area contributed by atoms with Crippen molar-refractivity contribution in [3.05, 3.63) is 23.9 Å². The normalized spacial score (nSPS) is 13.2. The van der Waals surface area contributed by atoms with Crippen LogP contribution in [-0.2, 0) is 0 Å². The first kappa shape index (κ1) is 12.7. The zero-order chi connectivity index (χ0) is 12.3. The standard InChI is InChI=1S/C13H21N3.H2/c1-9(2)8-11(13(3,4)5)10-6-7-15-12(10)16-14;/h6-9,14-15H,1-5H3;1H/b11-8+,16-14?;. The highest BCUT2D eigenvalue weighted by molar-refractivity contribution is 5.76. The summed E-state index contributed by atoms with van der Waals surface area (Å²) in [4.78, 5) is 2.99. The van der Waals surface area contributed by atoms with Gasteiger partial charge < -0.3 is 4.98 Å². The summed E-state index contributed by atoms with van der Waals surface area (Å²) in [5.41, 5.74) is 9.49. The van der Waals surface area contributed by atoms with Crippen molar-refractivity contribution in [3.63, 3.8) is 0 Å². The van der Waals surface area contributed by atoms with Crippen molar-refractivity contribution in [2.45, 2.75) is 34.6 Å². The minimum atomic E-state index is 0. The molecule has 2 N–H and O–H groups in total. The summed E-state index contributed by atoms with van der Waals surface area (Å²) in [6, 6.07) is 1.99. The van der Waals surface area contributed by atoms with E-state index in [2.05, 4.69) is 50.8 Å². The first-order valence-electron chi connectivity index (χ1n) is 5.63. The summed E-state index contributed by atoms with van der Waals surface area (Å²) in [6.07, 6.45) is 4.08. The Morgan fingerprint density at radius 2 is 2.12 bits per heavy atom. The Morgan fingerprint density at radius 1 is 1.50 bits per heavy atom. The van der Waals surface area contributed by atoms with Crippen LogP contribution < -0.4 is 0 Å². The predicted molar refractivity (Wildman–Crippen MR) is 70.0 cm³/mol. The number of nitrogens with one attached hydrogen (secondary N) is 2. The molecule has 0 spiro atoms. The van der Waals surface area contributed by atoms with Gasteiger partial charge in [-0.2, -0.15) is 0 Å². The number of H-pyrrole nitrogens is 1. The number of nitrogens with zero attached hydrogens (tertiary/aromatic N) is 1. The fourth-order valence-electron chi connectivity index (χ4n) is 1.75. The molecule has 0 atom stereocenters. The smallest absolute Gasteiger partial charge is 0.159 e. The Labute approximate surface area is 99.0 Å². The summed E-state index contributed by atoms with van der Waals surface area (Å²) in [5, 5.41) is 3.53. The van der Waals surface area contributed by atoms with Gasteiger partial charge in [-0.3, -0.25) is 0 Å². The monoisotopic (exact) mass is 221 g/mol. The molecule has 0 saturated carbocycles. The fraction of sp³-hybridized carbons (Fsp3) is 0.538. The van der Waals surface area contributed by atoms with Crippen molar-refractivity contribution >= 4 is 11.4 Å². The number of rotatable bonds is 3. The third-order valence-corrected chi connectivity index (χ3v) is 2.44. The van der Waals surface area contributed by atoms with Crippen molar-refractivity contribution in [3.8, 4) is 0 Å². The van der Waals surface area contributed by atoms with E-state index in [1.165, 1.54) is 5.57 Å². The summed E-state index contributed by atoms with van der Waals surface area (Å²) in [6.45, 7) is 10.9. The highest BCUT2D eigenvalue weighted by Crippen LogP contribution is 2.38. The van der Waals surface area contributed by atoms with E-state index in [4.69, 9.17) is 5.53 Å². The van der Waals surface area contributed by atoms with Crippen molar-refractivity contribution in [1.29, 1.82) is 5.53 Å². The van der Waals surface area contributed by atoms with Gasteiger partial charge in [0, 0.05) is 13.2 Å². The van der Waals surface area contributed by atoms with Gasteiger partial charge in [-0.25, -0.2) is 5.53 Å². The van der Waals surface area contributed by atoms with E-state index in [-0.39, 0.29) is 6.84 Å². The molecule has 0 fully saturated rings. The number of aromatic amines is 1. The maximum absolute atomic E-state index is 7.15. The molecule has 1 aromatic heterocycles. The molecule has 0 bridgehead atoms. The van der Waals surface area contributed by atoms with E-state index >= 15 is 0 Å². The van der Waals surface area contributed by atoms with Crippen LogP contribution in [0.5, 0.6) is 0 Å². The Balaban J connectivity index is 0.00000256. The lowest BCUT2D eigenvalue weighted by molar-refractivity contribution is 0.562. The fourth-order valence-corrected chi connectivity index (χ4v) is 1.75. The van der Waals surface area contributed by atoms with Gasteiger partial charge in [0.25, 0.3) is 0 Å². The lowest BCUT2D eigenvalue weighted by atomic mass is 9.81. The second-order valence-electron chi connectivity index (χ2n) is 5.43. The maximum Gasteiger partial charge on any atom is 0.159 e. The van der Waals surface area contributed by atoms with Crippen LogP contribution in [0.25, 0.3) is 5.57 Å². The Bertz CT molecular complexity index is 397. The molecule has 0 aliphatic heterocycles. The Kier molecular flexibility index (Phi) is 3.68. The number of hydrogen-bond donors (Lipinski definition) is 2. The molecule has 0 saturated heterocycles. The third kappa shape index (κ3) is 2.81. The van der Waals surface area contributed by atoms with Gasteiger partial charge in [0.1, 0.15) is 0 Å². The zero-order valence-electron chi connectivity index (χ0n) is 10.8. The summed E-state index contributed by atoms with van der Waals surface area (Å²) in [7, 11) is 0. The Hall–Kier alpha value is -1.38. The molecule has 0 aromatic carbocycles. The molecule has 1 aromatic rings. The lowest BCUT2D eigenvalue weighted by Crippen LogP contribution is -2.09. The van der Waals surface area contributed by atoms with E-state index in [0.29, 0.717) is 11.7 Å². The predicted octanol–water partition coefficient (Wildman–Crippen LogP) is 5.01. The summed E-state index contributed by atoms with van der Waals surface area (Å²) >= 11 is 0. The average Bonchev–Trinajstić information content (AvgIpc) is 2.59. The van der Waals surface area contributed by atoms with Crippen LogP contribution in [0, 0.1) is 16.9 Å². The molecule has 0 radical (unpaired) electrons. The van der Waals surface area contributed by atoms with Crippen molar-refractivity contribution < 1.29 is 1.43 Å². The second kappa shape index (κ2) is 4.64. The summed E-state index contributed by atoms with van der Waals surface area (Å²) in [5.74, 6) is 1.13. The maximum atomic E-state index is 7.15. The number of hydrogen-bond acceptors (Lipinski definition) is 2. The SMILES string of the molecule is CC(C)/C=C(\c1cc[nH]c1N=N)C(C)(C)C.[HH]. The highest BCUT2D eigenvalue weighted by Gasteiger charge is 2.22. The second-order valence-corrected chi connectivity index (χ2v) is 5.43. The van der Waals surface area contributed by atoms with E-state index in [1.807, 2.05) is 12.3 Å². The van der Waals surface area contributed by atoms with Gasteiger partial charge in [0.2, 0.25) is 0 Å². The minimum Gasteiger partial charge on any atom is -0.345 e. The van der Waals surface area contributed by atoms with Gasteiger partial charge in [0.15, 0.2) is 5.82 Å². The molecule has 3 heteroatoms. The van der Waals surface area contributed by atoms with Crippen LogP contribution in [0.2, 0.25) is 0 Å². The van der Waals surface area contributed by atoms with E-state index in [1.54, 1.807) is 0 Å². The van der Waals surface area contributed by atoms with Gasteiger partial charge in [-0.05, 0) is 23.0 Å². The van der Waals surface area contributed by atoms with Crippen LogP contribution in [0.1, 0.15) is 41.6 Å². The zero-order valence-corrected chi connectivity index (χ0v) is 10.8. The molecular weight excluding hydrogens is 198 g/mol. The molecule has 0 unspecified atom stereocenters. The van der Waals surface area contributed by atoms with E-state index < -0.39 is 0 Å². The Morgan fingerprint density at radius 3 is 2.56 bits per heavy atom. The van der Waals surface area contributed by atoms with Crippen LogP contribution in [0.15, 0.2) is 23.5 Å². The molecule has 1 rings (SSSR count). The molecule has 0 aliphatic carbocycles. The van der Waals surface area contributed by atoms with Gasteiger partial charge in [-0.15, -0.1) is 5.11 Å². The van der Waals surface area contributed by atoms with E-state index in [0.717, 1.165) is 5.56 Å². The van der Waals surface area contributed by atoms with Crippen molar-refractivity contribution in [2.75, 3.05) is 0 Å². The molecule has 90 valence electrons. The number of allylic oxidation sites excluding steroid dienone is 2. The van der Waals surface area contributed by atoms with Gasteiger partial charge in [0.05, 0.1) is 0 Å².